The summed E-state index contributed by atoms with van der Waals surface area (Å²) < 4.78 is 29.9. The number of hydrogen-bond donors (Lipinski definition) is 2. The van der Waals surface area contributed by atoms with E-state index in [9.17, 15) is 13.2 Å². The average molecular weight is 236 g/mol. The van der Waals surface area contributed by atoms with Gasteiger partial charge in [-0.2, -0.15) is 0 Å². The van der Waals surface area contributed by atoms with Gasteiger partial charge in [-0.15, -0.1) is 0 Å². The summed E-state index contributed by atoms with van der Waals surface area (Å²) in [5.74, 6) is -1.38. The van der Waals surface area contributed by atoms with Gasteiger partial charge in [0.05, 0.1) is 7.11 Å². The number of carbonyl (C=O) groups is 1. The summed E-state index contributed by atoms with van der Waals surface area (Å²) in [6.45, 7) is 3.16. The van der Waals surface area contributed by atoms with Crippen molar-refractivity contribution in [3.05, 3.63) is 0 Å². The Bertz CT molecular complexity index is 333. The molecule has 1 rings (SSSR count). The summed E-state index contributed by atoms with van der Waals surface area (Å²) in [7, 11) is -2.44. The van der Waals surface area contributed by atoms with Gasteiger partial charge in [-0.25, -0.2) is 13.1 Å². The minimum atomic E-state index is -3.60. The van der Waals surface area contributed by atoms with Crippen LogP contribution in [0.15, 0.2) is 0 Å². The molecule has 1 aliphatic rings. The van der Waals surface area contributed by atoms with Crippen LogP contribution in [0.5, 0.6) is 0 Å². The minimum absolute atomic E-state index is 0.493. The first-order valence-corrected chi connectivity index (χ1v) is 6.31. The molecule has 88 valence electrons. The maximum Gasteiger partial charge on any atom is 0.322 e. The predicted molar refractivity (Wildman–Crippen MR) is 54.8 cm³/mol. The van der Waals surface area contributed by atoms with Gasteiger partial charge >= 0.3 is 5.97 Å². The second-order valence-corrected chi connectivity index (χ2v) is 5.65. The van der Waals surface area contributed by atoms with E-state index in [-0.39, 0.29) is 0 Å². The van der Waals surface area contributed by atoms with E-state index in [2.05, 4.69) is 14.8 Å². The van der Waals surface area contributed by atoms with Crippen LogP contribution in [-0.4, -0.2) is 45.9 Å². The molecule has 1 aliphatic heterocycles. The number of hydrogen-bond acceptors (Lipinski definition) is 5. The third-order valence-electron chi connectivity index (χ3n) is 2.31. The Kier molecular flexibility index (Phi) is 3.69. The number of rotatable bonds is 4. The molecule has 0 amide bonds. The van der Waals surface area contributed by atoms with Crippen LogP contribution in [0.3, 0.4) is 0 Å². The van der Waals surface area contributed by atoms with Crippen LogP contribution in [-0.2, 0) is 19.6 Å². The number of sulfonamides is 1. The molecule has 15 heavy (non-hydrogen) atoms. The summed E-state index contributed by atoms with van der Waals surface area (Å²) in [6, 6.07) is 0. The number of ether oxygens (including phenoxy) is 1. The van der Waals surface area contributed by atoms with Crippen LogP contribution in [0.2, 0.25) is 0 Å². The third kappa shape index (κ3) is 3.77. The Labute approximate surface area is 89.4 Å². The fourth-order valence-corrected chi connectivity index (χ4v) is 2.96. The molecule has 1 saturated heterocycles. The molecule has 1 atom stereocenters. The fourth-order valence-electron chi connectivity index (χ4n) is 1.53. The third-order valence-corrected chi connectivity index (χ3v) is 3.73. The lowest BCUT2D eigenvalue weighted by atomic mass is 10.0. The minimum Gasteiger partial charge on any atom is -0.468 e. The first-order valence-electron chi connectivity index (χ1n) is 4.66. The summed E-state index contributed by atoms with van der Waals surface area (Å²) in [5.41, 5.74) is -0.493. The van der Waals surface area contributed by atoms with Crippen molar-refractivity contribution in [3.8, 4) is 0 Å². The highest BCUT2D eigenvalue weighted by molar-refractivity contribution is 7.90. The first kappa shape index (κ1) is 12.4. The van der Waals surface area contributed by atoms with E-state index in [1.165, 1.54) is 0 Å². The Hall–Kier alpha value is -0.660. The molecule has 0 saturated carbocycles. The highest BCUT2D eigenvalue weighted by Crippen LogP contribution is 2.14. The quantitative estimate of drug-likeness (QED) is 0.601. The molecule has 7 heteroatoms. The Morgan fingerprint density at radius 1 is 1.60 bits per heavy atom. The molecule has 1 unspecified atom stereocenters. The molecular formula is C8H16N2O4S. The van der Waals surface area contributed by atoms with E-state index in [1.807, 2.05) is 6.92 Å². The lowest BCUT2D eigenvalue weighted by Crippen LogP contribution is -2.49. The van der Waals surface area contributed by atoms with Crippen LogP contribution >= 0.6 is 0 Å². The molecule has 0 aromatic carbocycles. The van der Waals surface area contributed by atoms with Gasteiger partial charge in [0, 0.05) is 12.1 Å². The zero-order valence-electron chi connectivity index (χ0n) is 8.87. The molecule has 6 nitrogen and oxygen atoms in total. The van der Waals surface area contributed by atoms with E-state index in [0.29, 0.717) is 13.0 Å². The molecule has 0 spiro atoms. The van der Waals surface area contributed by atoms with Crippen LogP contribution in [0.4, 0.5) is 0 Å². The van der Waals surface area contributed by atoms with Crippen molar-refractivity contribution >= 4 is 16.0 Å². The highest BCUT2D eigenvalue weighted by Gasteiger charge is 2.33. The highest BCUT2D eigenvalue weighted by atomic mass is 32.2. The van der Waals surface area contributed by atoms with Crippen molar-refractivity contribution in [2.75, 3.05) is 26.0 Å². The fraction of sp³-hybridized carbons (Fsp3) is 0.875. The van der Waals surface area contributed by atoms with Crippen molar-refractivity contribution in [1.29, 1.82) is 0 Å². The lowest BCUT2D eigenvalue weighted by molar-refractivity contribution is -0.137. The van der Waals surface area contributed by atoms with Crippen LogP contribution < -0.4 is 10.0 Å². The van der Waals surface area contributed by atoms with Gasteiger partial charge in [-0.05, 0) is 19.9 Å². The van der Waals surface area contributed by atoms with Crippen molar-refractivity contribution < 1.29 is 17.9 Å². The van der Waals surface area contributed by atoms with E-state index < -0.39 is 27.3 Å². The Morgan fingerprint density at radius 2 is 2.27 bits per heavy atom. The number of esters is 1. The molecule has 0 radical (unpaired) electrons. The van der Waals surface area contributed by atoms with Gasteiger partial charge in [0.25, 0.3) is 0 Å². The number of methoxy groups -OCH3 is 1. The maximum absolute atomic E-state index is 11.5. The standard InChI is InChI=1S/C8H16N2O4S/c1-8(3-4-9-6-8)10-15(12,13)5-7(11)14-2/h9-10H,3-6H2,1-2H3. The van der Waals surface area contributed by atoms with Crippen molar-refractivity contribution in [3.63, 3.8) is 0 Å². The molecule has 2 N–H and O–H groups in total. The second-order valence-electron chi connectivity index (χ2n) is 3.92. The molecule has 1 heterocycles. The summed E-state index contributed by atoms with van der Waals surface area (Å²) in [6.07, 6.45) is 0.716. The van der Waals surface area contributed by atoms with Gasteiger partial charge in [0.1, 0.15) is 0 Å². The van der Waals surface area contributed by atoms with Gasteiger partial charge in [0.15, 0.2) is 5.75 Å². The van der Waals surface area contributed by atoms with Crippen molar-refractivity contribution in [1.82, 2.24) is 10.0 Å². The molecule has 0 aliphatic carbocycles. The van der Waals surface area contributed by atoms with Crippen LogP contribution in [0.25, 0.3) is 0 Å². The largest absolute Gasteiger partial charge is 0.468 e. The topological polar surface area (TPSA) is 84.5 Å². The summed E-state index contributed by atoms with van der Waals surface area (Å²) in [4.78, 5) is 10.8. The van der Waals surface area contributed by atoms with Gasteiger partial charge in [-0.3, -0.25) is 4.79 Å². The molecule has 0 aromatic heterocycles. The SMILES string of the molecule is COC(=O)CS(=O)(=O)NC1(C)CCNC1. The average Bonchev–Trinajstić information content (AvgIpc) is 2.49. The van der Waals surface area contributed by atoms with Crippen molar-refractivity contribution in [2.45, 2.75) is 18.9 Å². The second kappa shape index (κ2) is 4.46. The van der Waals surface area contributed by atoms with Gasteiger partial charge in [0.2, 0.25) is 10.0 Å². The smallest absolute Gasteiger partial charge is 0.322 e. The monoisotopic (exact) mass is 236 g/mol. The van der Waals surface area contributed by atoms with Crippen LogP contribution in [0.1, 0.15) is 13.3 Å². The number of nitrogens with one attached hydrogen (secondary N) is 2. The lowest BCUT2D eigenvalue weighted by Gasteiger charge is -2.23. The normalized spacial score (nSPS) is 26.5. The molecule has 1 fully saturated rings. The summed E-state index contributed by atoms with van der Waals surface area (Å²) in [5, 5.41) is 3.06. The van der Waals surface area contributed by atoms with Crippen LogP contribution in [0, 0.1) is 0 Å². The maximum atomic E-state index is 11.5. The predicted octanol–water partition coefficient (Wildman–Crippen LogP) is -1.17. The molecule has 0 bridgehead atoms. The van der Waals surface area contributed by atoms with E-state index in [0.717, 1.165) is 13.7 Å². The molecular weight excluding hydrogens is 220 g/mol. The van der Waals surface area contributed by atoms with Gasteiger partial charge < -0.3 is 10.1 Å². The number of carbonyl (C=O) groups excluding carboxylic acids is 1. The Balaban J connectivity index is 2.59. The van der Waals surface area contributed by atoms with E-state index >= 15 is 0 Å². The van der Waals surface area contributed by atoms with Gasteiger partial charge in [-0.1, -0.05) is 0 Å². The van der Waals surface area contributed by atoms with E-state index in [4.69, 9.17) is 0 Å². The molecule has 0 aromatic rings. The first-order chi connectivity index (χ1) is 6.87. The van der Waals surface area contributed by atoms with E-state index in [1.54, 1.807) is 0 Å². The zero-order valence-corrected chi connectivity index (χ0v) is 9.69. The summed E-state index contributed by atoms with van der Waals surface area (Å²) >= 11 is 0. The zero-order chi connectivity index (χ0) is 11.5. The van der Waals surface area contributed by atoms with Crippen molar-refractivity contribution in [2.24, 2.45) is 0 Å². The Morgan fingerprint density at radius 3 is 2.73 bits per heavy atom.